The highest BCUT2D eigenvalue weighted by atomic mass is 35.5. The Morgan fingerprint density at radius 1 is 1.16 bits per heavy atom. The zero-order valence-electron chi connectivity index (χ0n) is 13.3. The van der Waals surface area contributed by atoms with Crippen LogP contribution in [0.25, 0.3) is 0 Å². The third kappa shape index (κ3) is 4.67. The van der Waals surface area contributed by atoms with Crippen LogP contribution in [0.15, 0.2) is 36.4 Å². The predicted octanol–water partition coefficient (Wildman–Crippen LogP) is 3.81. The Labute approximate surface area is 147 Å². The lowest BCUT2D eigenvalue weighted by molar-refractivity contribution is -0.123. The van der Waals surface area contributed by atoms with Crippen molar-refractivity contribution in [1.82, 2.24) is 0 Å². The molecule has 0 aliphatic heterocycles. The van der Waals surface area contributed by atoms with Gasteiger partial charge in [-0.2, -0.15) is 0 Å². The number of carbonyl (C=O) groups excluding carboxylic acids is 2. The number of hydrogen-bond acceptors (Lipinski definition) is 4. The third-order valence-corrected chi connectivity index (χ3v) is 3.53. The second-order valence-electron chi connectivity index (χ2n) is 5.01. The molecule has 0 heterocycles. The van der Waals surface area contributed by atoms with Gasteiger partial charge in [-0.1, -0.05) is 17.7 Å². The average molecular weight is 370 g/mol. The first kappa shape index (κ1) is 18.7. The van der Waals surface area contributed by atoms with Crippen molar-refractivity contribution in [2.45, 2.75) is 13.0 Å². The Balaban J connectivity index is 2.05. The minimum absolute atomic E-state index is 0.315. The number of halogens is 3. The van der Waals surface area contributed by atoms with Crippen LogP contribution >= 0.6 is 11.6 Å². The third-order valence-electron chi connectivity index (χ3n) is 3.22. The summed E-state index contributed by atoms with van der Waals surface area (Å²) < 4.78 is 36.3. The molecule has 0 unspecified atom stereocenters. The van der Waals surface area contributed by atoms with Crippen LogP contribution in [0, 0.1) is 11.6 Å². The fourth-order valence-electron chi connectivity index (χ4n) is 1.90. The van der Waals surface area contributed by atoms with Crippen LogP contribution in [0.3, 0.4) is 0 Å². The van der Waals surface area contributed by atoms with E-state index in [9.17, 15) is 18.4 Å². The highest BCUT2D eigenvalue weighted by Crippen LogP contribution is 2.22. The summed E-state index contributed by atoms with van der Waals surface area (Å²) in [6, 6.07) is 7.86. The Bertz CT molecular complexity index is 813. The summed E-state index contributed by atoms with van der Waals surface area (Å²) in [6.45, 7) is 1.33. The summed E-state index contributed by atoms with van der Waals surface area (Å²) >= 11 is 5.70. The van der Waals surface area contributed by atoms with Gasteiger partial charge in [0.25, 0.3) is 5.91 Å². The molecule has 0 fully saturated rings. The van der Waals surface area contributed by atoms with Crippen molar-refractivity contribution >= 4 is 29.2 Å². The van der Waals surface area contributed by atoms with E-state index in [0.717, 1.165) is 0 Å². The van der Waals surface area contributed by atoms with E-state index in [1.807, 2.05) is 0 Å². The Morgan fingerprint density at radius 2 is 1.84 bits per heavy atom. The van der Waals surface area contributed by atoms with Crippen molar-refractivity contribution in [2.75, 3.05) is 12.4 Å². The number of nitrogens with one attached hydrogen (secondary N) is 1. The summed E-state index contributed by atoms with van der Waals surface area (Å²) in [5.74, 6) is -3.55. The quantitative estimate of drug-likeness (QED) is 0.643. The number of benzene rings is 2. The van der Waals surface area contributed by atoms with Crippen molar-refractivity contribution in [3.63, 3.8) is 0 Å². The lowest BCUT2D eigenvalue weighted by Crippen LogP contribution is -2.30. The molecule has 2 aromatic carbocycles. The summed E-state index contributed by atoms with van der Waals surface area (Å²) in [4.78, 5) is 24.1. The average Bonchev–Trinajstić information content (AvgIpc) is 2.58. The zero-order valence-corrected chi connectivity index (χ0v) is 14.1. The number of carbonyl (C=O) groups is 2. The van der Waals surface area contributed by atoms with Crippen LogP contribution in [0.1, 0.15) is 17.3 Å². The van der Waals surface area contributed by atoms with Gasteiger partial charge < -0.3 is 14.8 Å². The SMILES string of the molecule is COc1cccc(NC(=O)[C@H](C)OC(=O)c2cc(F)c(F)cc2Cl)c1. The molecule has 1 amide bonds. The normalized spacial score (nSPS) is 11.6. The number of hydrogen-bond donors (Lipinski definition) is 1. The number of amides is 1. The molecule has 0 aliphatic rings. The van der Waals surface area contributed by atoms with Crippen LogP contribution < -0.4 is 10.1 Å². The smallest absolute Gasteiger partial charge is 0.340 e. The van der Waals surface area contributed by atoms with Crippen LogP contribution in [0.2, 0.25) is 5.02 Å². The van der Waals surface area contributed by atoms with Gasteiger partial charge in [-0.3, -0.25) is 4.79 Å². The number of rotatable bonds is 5. The van der Waals surface area contributed by atoms with Crippen molar-refractivity contribution in [3.05, 3.63) is 58.6 Å². The summed E-state index contributed by atoms with van der Waals surface area (Å²) in [5, 5.41) is 2.23. The molecule has 1 N–H and O–H groups in total. The topological polar surface area (TPSA) is 64.6 Å². The molecule has 8 heteroatoms. The molecular formula is C17H14ClF2NO4. The molecule has 132 valence electrons. The predicted molar refractivity (Wildman–Crippen MR) is 87.9 cm³/mol. The maximum Gasteiger partial charge on any atom is 0.340 e. The molecule has 2 rings (SSSR count). The number of esters is 1. The van der Waals surface area contributed by atoms with Crippen molar-refractivity contribution in [2.24, 2.45) is 0 Å². The lowest BCUT2D eigenvalue weighted by atomic mass is 10.2. The van der Waals surface area contributed by atoms with Gasteiger partial charge in [0.2, 0.25) is 0 Å². The van der Waals surface area contributed by atoms with Gasteiger partial charge in [-0.25, -0.2) is 13.6 Å². The molecule has 5 nitrogen and oxygen atoms in total. The molecule has 0 aromatic heterocycles. The number of anilines is 1. The standard InChI is InChI=1S/C17H14ClF2NO4/c1-9(16(22)21-10-4-3-5-11(6-10)24-2)25-17(23)12-7-14(19)15(20)8-13(12)18/h3-9H,1-2H3,(H,21,22)/t9-/m0/s1. The second-order valence-corrected chi connectivity index (χ2v) is 5.42. The van der Waals surface area contributed by atoms with Gasteiger partial charge >= 0.3 is 5.97 Å². The van der Waals surface area contributed by atoms with E-state index >= 15 is 0 Å². The highest BCUT2D eigenvalue weighted by Gasteiger charge is 2.22. The van der Waals surface area contributed by atoms with Crippen molar-refractivity contribution in [1.29, 1.82) is 0 Å². The molecule has 2 aromatic rings. The Hall–Kier alpha value is -2.67. The molecule has 0 aliphatic carbocycles. The van der Waals surface area contributed by atoms with E-state index in [1.54, 1.807) is 24.3 Å². The lowest BCUT2D eigenvalue weighted by Gasteiger charge is -2.14. The minimum Gasteiger partial charge on any atom is -0.497 e. The van der Waals surface area contributed by atoms with Gasteiger partial charge in [0, 0.05) is 11.8 Å². The molecule has 0 saturated heterocycles. The van der Waals surface area contributed by atoms with E-state index in [2.05, 4.69) is 5.32 Å². The summed E-state index contributed by atoms with van der Waals surface area (Å²) in [5.41, 5.74) is 0.0692. The molecular weight excluding hydrogens is 356 g/mol. The maximum atomic E-state index is 13.2. The van der Waals surface area contributed by atoms with Crippen molar-refractivity contribution < 1.29 is 27.8 Å². The zero-order chi connectivity index (χ0) is 18.6. The molecule has 0 saturated carbocycles. The summed E-state index contributed by atoms with van der Waals surface area (Å²) in [7, 11) is 1.48. The van der Waals surface area contributed by atoms with Crippen LogP contribution in [0.4, 0.5) is 14.5 Å². The largest absolute Gasteiger partial charge is 0.497 e. The van der Waals surface area contributed by atoms with Crippen molar-refractivity contribution in [3.8, 4) is 5.75 Å². The van der Waals surface area contributed by atoms with Crippen LogP contribution in [0.5, 0.6) is 5.75 Å². The minimum atomic E-state index is -1.25. The molecule has 25 heavy (non-hydrogen) atoms. The maximum absolute atomic E-state index is 13.2. The number of methoxy groups -OCH3 is 1. The van der Waals surface area contributed by atoms with Gasteiger partial charge in [0.1, 0.15) is 5.75 Å². The fourth-order valence-corrected chi connectivity index (χ4v) is 2.13. The Kier molecular flexibility index (Phi) is 5.93. The van der Waals surface area contributed by atoms with Crippen LogP contribution in [-0.2, 0) is 9.53 Å². The fraction of sp³-hybridized carbons (Fsp3) is 0.176. The van der Waals surface area contributed by atoms with E-state index in [4.69, 9.17) is 21.1 Å². The molecule has 0 spiro atoms. The first-order chi connectivity index (χ1) is 11.8. The van der Waals surface area contributed by atoms with E-state index < -0.39 is 29.6 Å². The van der Waals surface area contributed by atoms with Gasteiger partial charge in [-0.05, 0) is 31.2 Å². The summed E-state index contributed by atoms with van der Waals surface area (Å²) in [6.07, 6.45) is -1.19. The number of ether oxygens (including phenoxy) is 2. The van der Waals surface area contributed by atoms with Crippen LogP contribution in [-0.4, -0.2) is 25.1 Å². The second kappa shape index (κ2) is 7.94. The monoisotopic (exact) mass is 369 g/mol. The molecule has 0 bridgehead atoms. The van der Waals surface area contributed by atoms with E-state index in [-0.39, 0.29) is 10.6 Å². The first-order valence-electron chi connectivity index (χ1n) is 7.12. The van der Waals surface area contributed by atoms with Gasteiger partial charge in [0.05, 0.1) is 17.7 Å². The first-order valence-corrected chi connectivity index (χ1v) is 7.50. The van der Waals surface area contributed by atoms with E-state index in [1.165, 1.54) is 14.0 Å². The molecule has 1 atom stereocenters. The highest BCUT2D eigenvalue weighted by molar-refractivity contribution is 6.33. The molecule has 0 radical (unpaired) electrons. The Morgan fingerprint density at radius 3 is 2.52 bits per heavy atom. The van der Waals surface area contributed by atoms with E-state index in [0.29, 0.717) is 23.6 Å². The van der Waals surface area contributed by atoms with Gasteiger partial charge in [0.15, 0.2) is 17.7 Å². The van der Waals surface area contributed by atoms with Gasteiger partial charge in [-0.15, -0.1) is 0 Å².